The Morgan fingerprint density at radius 2 is 2.19 bits per heavy atom. The van der Waals surface area contributed by atoms with Crippen molar-refractivity contribution in [3.63, 3.8) is 0 Å². The lowest BCUT2D eigenvalue weighted by molar-refractivity contribution is 0.389. The van der Waals surface area contributed by atoms with Gasteiger partial charge in [-0.2, -0.15) is 5.10 Å². The zero-order valence-corrected chi connectivity index (χ0v) is 10.9. The SMILES string of the molecule is CC(NCCCCN(C)C)c1cnn(C)c1. The van der Waals surface area contributed by atoms with E-state index in [1.165, 1.54) is 24.9 Å². The first-order chi connectivity index (χ1) is 7.59. The van der Waals surface area contributed by atoms with E-state index in [0.29, 0.717) is 6.04 Å². The molecule has 1 unspecified atom stereocenters. The molecule has 1 atom stereocenters. The van der Waals surface area contributed by atoms with Gasteiger partial charge in [-0.25, -0.2) is 0 Å². The molecule has 0 aromatic carbocycles. The van der Waals surface area contributed by atoms with E-state index in [1.807, 2.05) is 17.9 Å². The summed E-state index contributed by atoms with van der Waals surface area (Å²) in [5.74, 6) is 0. The van der Waals surface area contributed by atoms with E-state index in [9.17, 15) is 0 Å². The summed E-state index contributed by atoms with van der Waals surface area (Å²) in [7, 11) is 6.19. The number of aryl methyl sites for hydroxylation is 1. The molecule has 0 saturated heterocycles. The number of aromatic nitrogens is 2. The Hall–Kier alpha value is -0.870. The lowest BCUT2D eigenvalue weighted by Crippen LogP contribution is -2.21. The monoisotopic (exact) mass is 224 g/mol. The average Bonchev–Trinajstić information content (AvgIpc) is 2.63. The normalized spacial score (nSPS) is 13.3. The van der Waals surface area contributed by atoms with Crippen LogP contribution < -0.4 is 5.32 Å². The highest BCUT2D eigenvalue weighted by Gasteiger charge is 2.05. The van der Waals surface area contributed by atoms with Crippen LogP contribution in [-0.2, 0) is 7.05 Å². The Morgan fingerprint density at radius 1 is 1.44 bits per heavy atom. The summed E-state index contributed by atoms with van der Waals surface area (Å²) in [6.07, 6.45) is 6.47. The highest BCUT2D eigenvalue weighted by Crippen LogP contribution is 2.09. The van der Waals surface area contributed by atoms with Gasteiger partial charge in [0.2, 0.25) is 0 Å². The molecule has 1 rings (SSSR count). The maximum Gasteiger partial charge on any atom is 0.0537 e. The molecule has 1 aromatic heterocycles. The smallest absolute Gasteiger partial charge is 0.0537 e. The first-order valence-electron chi connectivity index (χ1n) is 5.96. The van der Waals surface area contributed by atoms with Crippen molar-refractivity contribution >= 4 is 0 Å². The van der Waals surface area contributed by atoms with Crippen LogP contribution in [-0.4, -0.2) is 41.9 Å². The molecule has 16 heavy (non-hydrogen) atoms. The molecule has 0 bridgehead atoms. The van der Waals surface area contributed by atoms with Crippen molar-refractivity contribution in [2.75, 3.05) is 27.2 Å². The molecule has 92 valence electrons. The van der Waals surface area contributed by atoms with E-state index < -0.39 is 0 Å². The zero-order chi connectivity index (χ0) is 12.0. The van der Waals surface area contributed by atoms with Gasteiger partial charge in [-0.3, -0.25) is 4.68 Å². The van der Waals surface area contributed by atoms with Crippen LogP contribution in [0.15, 0.2) is 12.4 Å². The molecule has 0 aliphatic carbocycles. The van der Waals surface area contributed by atoms with Crippen LogP contribution in [0, 0.1) is 0 Å². The molecular formula is C12H24N4. The number of unbranched alkanes of at least 4 members (excludes halogenated alkanes) is 1. The second kappa shape index (κ2) is 6.66. The number of nitrogens with zero attached hydrogens (tertiary/aromatic N) is 3. The third-order valence-electron chi connectivity index (χ3n) is 2.71. The van der Waals surface area contributed by atoms with E-state index in [0.717, 1.165) is 6.54 Å². The highest BCUT2D eigenvalue weighted by atomic mass is 15.2. The van der Waals surface area contributed by atoms with Crippen LogP contribution in [0.3, 0.4) is 0 Å². The van der Waals surface area contributed by atoms with Crippen LogP contribution in [0.5, 0.6) is 0 Å². The van der Waals surface area contributed by atoms with Crippen molar-refractivity contribution in [2.24, 2.45) is 7.05 Å². The van der Waals surface area contributed by atoms with Crippen molar-refractivity contribution in [3.8, 4) is 0 Å². The van der Waals surface area contributed by atoms with Crippen molar-refractivity contribution in [1.29, 1.82) is 0 Å². The van der Waals surface area contributed by atoms with Gasteiger partial charge in [-0.1, -0.05) is 0 Å². The summed E-state index contributed by atoms with van der Waals surface area (Å²) in [5, 5.41) is 7.69. The predicted octanol–water partition coefficient (Wildman–Crippen LogP) is 1.41. The molecule has 1 aromatic rings. The largest absolute Gasteiger partial charge is 0.310 e. The first-order valence-corrected chi connectivity index (χ1v) is 5.96. The molecule has 1 heterocycles. The van der Waals surface area contributed by atoms with Gasteiger partial charge in [0.1, 0.15) is 0 Å². The summed E-state index contributed by atoms with van der Waals surface area (Å²) in [6, 6.07) is 0.396. The maximum atomic E-state index is 4.18. The Morgan fingerprint density at radius 3 is 2.75 bits per heavy atom. The van der Waals surface area contributed by atoms with Gasteiger partial charge < -0.3 is 10.2 Å². The molecule has 0 spiro atoms. The van der Waals surface area contributed by atoms with Crippen molar-refractivity contribution in [3.05, 3.63) is 18.0 Å². The second-order valence-corrected chi connectivity index (χ2v) is 4.63. The minimum atomic E-state index is 0.396. The Labute approximate surface area is 98.6 Å². The summed E-state index contributed by atoms with van der Waals surface area (Å²) in [5.41, 5.74) is 1.26. The lowest BCUT2D eigenvalue weighted by atomic mass is 10.2. The van der Waals surface area contributed by atoms with E-state index in [4.69, 9.17) is 0 Å². The summed E-state index contributed by atoms with van der Waals surface area (Å²) >= 11 is 0. The van der Waals surface area contributed by atoms with Crippen molar-refractivity contribution in [2.45, 2.75) is 25.8 Å². The molecule has 4 heteroatoms. The topological polar surface area (TPSA) is 33.1 Å². The third kappa shape index (κ3) is 4.77. The van der Waals surface area contributed by atoms with Crippen LogP contribution in [0.2, 0.25) is 0 Å². The van der Waals surface area contributed by atoms with Gasteiger partial charge in [0.25, 0.3) is 0 Å². The summed E-state index contributed by atoms with van der Waals surface area (Å²) < 4.78 is 1.85. The number of rotatable bonds is 7. The van der Waals surface area contributed by atoms with E-state index in [-0.39, 0.29) is 0 Å². The lowest BCUT2D eigenvalue weighted by Gasteiger charge is -2.13. The standard InChI is InChI=1S/C12H24N4/c1-11(12-9-14-16(4)10-12)13-7-5-6-8-15(2)3/h9-11,13H,5-8H2,1-4H3. The van der Waals surface area contributed by atoms with Gasteiger partial charge in [0, 0.05) is 24.8 Å². The van der Waals surface area contributed by atoms with Gasteiger partial charge in [0.05, 0.1) is 6.20 Å². The molecule has 1 N–H and O–H groups in total. The summed E-state index contributed by atoms with van der Waals surface area (Å²) in [4.78, 5) is 2.23. The number of nitrogens with one attached hydrogen (secondary N) is 1. The zero-order valence-electron chi connectivity index (χ0n) is 10.9. The molecular weight excluding hydrogens is 200 g/mol. The van der Waals surface area contributed by atoms with Gasteiger partial charge in [-0.05, 0) is 47.0 Å². The fourth-order valence-electron chi connectivity index (χ4n) is 1.65. The first kappa shape index (κ1) is 13.2. The summed E-state index contributed by atoms with van der Waals surface area (Å²) in [6.45, 7) is 4.43. The van der Waals surface area contributed by atoms with Crippen LogP contribution >= 0.6 is 0 Å². The van der Waals surface area contributed by atoms with Crippen LogP contribution in [0.1, 0.15) is 31.4 Å². The minimum Gasteiger partial charge on any atom is -0.310 e. The Bertz CT molecular complexity index is 293. The van der Waals surface area contributed by atoms with Gasteiger partial charge in [0.15, 0.2) is 0 Å². The van der Waals surface area contributed by atoms with E-state index in [1.54, 1.807) is 0 Å². The average molecular weight is 224 g/mol. The second-order valence-electron chi connectivity index (χ2n) is 4.63. The number of hydrogen-bond acceptors (Lipinski definition) is 3. The van der Waals surface area contributed by atoms with Crippen molar-refractivity contribution in [1.82, 2.24) is 20.0 Å². The van der Waals surface area contributed by atoms with E-state index >= 15 is 0 Å². The fraction of sp³-hybridized carbons (Fsp3) is 0.750. The Balaban J connectivity index is 2.13. The predicted molar refractivity (Wildman–Crippen MR) is 67.4 cm³/mol. The highest BCUT2D eigenvalue weighted by molar-refractivity contribution is 5.08. The van der Waals surface area contributed by atoms with Crippen LogP contribution in [0.4, 0.5) is 0 Å². The molecule has 0 radical (unpaired) electrons. The fourth-order valence-corrected chi connectivity index (χ4v) is 1.65. The third-order valence-corrected chi connectivity index (χ3v) is 2.71. The molecule has 0 amide bonds. The van der Waals surface area contributed by atoms with Crippen LogP contribution in [0.25, 0.3) is 0 Å². The molecule has 0 aliphatic heterocycles. The molecule has 0 saturated carbocycles. The van der Waals surface area contributed by atoms with Gasteiger partial charge in [-0.15, -0.1) is 0 Å². The quantitative estimate of drug-likeness (QED) is 0.711. The maximum absolute atomic E-state index is 4.18. The number of hydrogen-bond donors (Lipinski definition) is 1. The molecule has 0 aliphatic rings. The Kier molecular flexibility index (Phi) is 5.49. The van der Waals surface area contributed by atoms with Crippen molar-refractivity contribution < 1.29 is 0 Å². The van der Waals surface area contributed by atoms with E-state index in [2.05, 4.69) is 42.5 Å². The molecule has 4 nitrogen and oxygen atoms in total. The molecule has 0 fully saturated rings. The minimum absolute atomic E-state index is 0.396. The van der Waals surface area contributed by atoms with Gasteiger partial charge >= 0.3 is 0 Å².